The Labute approximate surface area is 154 Å². The molecular weight excluding hydrogens is 330 g/mol. The number of aromatic nitrogens is 2. The lowest BCUT2D eigenvalue weighted by Crippen LogP contribution is -2.52. The summed E-state index contributed by atoms with van der Waals surface area (Å²) in [5.74, 6) is 1.00. The van der Waals surface area contributed by atoms with E-state index in [2.05, 4.69) is 20.2 Å². The number of benzene rings is 1. The number of nitrogens with zero attached hydrogens (tertiary/aromatic N) is 4. The molecule has 0 aliphatic carbocycles. The zero-order chi connectivity index (χ0) is 18.7. The normalized spacial score (nSPS) is 16.7. The largest absolute Gasteiger partial charge is 0.508 e. The first kappa shape index (κ1) is 18.3. The molecule has 2 N–H and O–H groups in total. The molecule has 2 aromatic rings. The number of nitrogens with one attached hydrogen (secondary N) is 1. The Morgan fingerprint density at radius 1 is 1.08 bits per heavy atom. The highest BCUT2D eigenvalue weighted by Gasteiger charge is 2.26. The quantitative estimate of drug-likeness (QED) is 0.859. The van der Waals surface area contributed by atoms with Crippen molar-refractivity contribution >= 4 is 17.4 Å². The maximum absolute atomic E-state index is 12.6. The van der Waals surface area contributed by atoms with Crippen molar-refractivity contribution in [2.45, 2.75) is 32.9 Å². The van der Waals surface area contributed by atoms with Gasteiger partial charge in [-0.05, 0) is 45.0 Å². The summed E-state index contributed by atoms with van der Waals surface area (Å²) < 4.78 is 1.81. The predicted octanol–water partition coefficient (Wildman–Crippen LogP) is 2.32. The molecule has 1 unspecified atom stereocenters. The molecule has 0 saturated carbocycles. The van der Waals surface area contributed by atoms with E-state index < -0.39 is 0 Å². The fourth-order valence-corrected chi connectivity index (χ4v) is 3.25. The van der Waals surface area contributed by atoms with Crippen LogP contribution in [0.2, 0.25) is 0 Å². The highest BCUT2D eigenvalue weighted by atomic mass is 16.3. The highest BCUT2D eigenvalue weighted by molar-refractivity contribution is 5.93. The molecule has 140 valence electrons. The third-order valence-electron chi connectivity index (χ3n) is 4.87. The molecule has 1 saturated heterocycles. The van der Waals surface area contributed by atoms with Crippen molar-refractivity contribution in [1.29, 1.82) is 0 Å². The topological polar surface area (TPSA) is 73.6 Å². The van der Waals surface area contributed by atoms with E-state index in [-0.39, 0.29) is 23.7 Å². The zero-order valence-corrected chi connectivity index (χ0v) is 15.6. The molecule has 1 aromatic heterocycles. The number of aromatic hydroxyl groups is 1. The van der Waals surface area contributed by atoms with Gasteiger partial charge in [0.1, 0.15) is 11.6 Å². The number of carbonyl (C=O) groups excluding carboxylic acids is 1. The van der Waals surface area contributed by atoms with Crippen LogP contribution in [0, 0.1) is 0 Å². The molecule has 0 bridgehead atoms. The van der Waals surface area contributed by atoms with Crippen LogP contribution < -0.4 is 10.2 Å². The summed E-state index contributed by atoms with van der Waals surface area (Å²) in [5.41, 5.74) is 1.10. The first-order valence-electron chi connectivity index (χ1n) is 9.08. The molecule has 7 heteroatoms. The number of phenolic OH excluding ortho intramolecular Hbond substituents is 1. The van der Waals surface area contributed by atoms with Gasteiger partial charge >= 0.3 is 0 Å². The summed E-state index contributed by atoms with van der Waals surface area (Å²) in [5, 5.41) is 16.7. The molecule has 1 aliphatic rings. The second-order valence-electron chi connectivity index (χ2n) is 6.96. The molecule has 3 rings (SSSR count). The Morgan fingerprint density at radius 3 is 2.35 bits per heavy atom. The van der Waals surface area contributed by atoms with Crippen molar-refractivity contribution in [3.8, 4) is 5.75 Å². The van der Waals surface area contributed by atoms with E-state index in [1.165, 1.54) is 0 Å². The monoisotopic (exact) mass is 357 g/mol. The number of carbonyl (C=O) groups is 1. The fourth-order valence-electron chi connectivity index (χ4n) is 3.25. The van der Waals surface area contributed by atoms with Gasteiger partial charge in [0.15, 0.2) is 0 Å². The van der Waals surface area contributed by atoms with E-state index in [0.717, 1.165) is 37.7 Å². The van der Waals surface area contributed by atoms with Gasteiger partial charge in [-0.25, -0.2) is 4.68 Å². The molecule has 1 aliphatic heterocycles. The number of amides is 1. The Balaban J connectivity index is 1.56. The first-order valence-corrected chi connectivity index (χ1v) is 9.08. The van der Waals surface area contributed by atoms with Crippen molar-refractivity contribution in [3.05, 3.63) is 36.5 Å². The Bertz CT molecular complexity index is 733. The number of hydrogen-bond donors (Lipinski definition) is 2. The van der Waals surface area contributed by atoms with Crippen LogP contribution >= 0.6 is 0 Å². The number of piperazine rings is 1. The van der Waals surface area contributed by atoms with Gasteiger partial charge < -0.3 is 15.3 Å². The molecule has 1 amide bonds. The Kier molecular flexibility index (Phi) is 5.46. The van der Waals surface area contributed by atoms with Crippen LogP contribution in [0.3, 0.4) is 0 Å². The number of phenols is 1. The summed E-state index contributed by atoms with van der Waals surface area (Å²) in [6.45, 7) is 9.36. The van der Waals surface area contributed by atoms with Crippen molar-refractivity contribution < 1.29 is 9.90 Å². The SMILES string of the molecule is CC(C(=O)Nc1ccnn1C(C)C)N1CCN(c2ccc(O)cc2)CC1. The minimum atomic E-state index is -0.201. The zero-order valence-electron chi connectivity index (χ0n) is 15.6. The molecule has 7 nitrogen and oxygen atoms in total. The molecule has 2 heterocycles. The third kappa shape index (κ3) is 3.99. The van der Waals surface area contributed by atoms with E-state index in [4.69, 9.17) is 0 Å². The van der Waals surface area contributed by atoms with Gasteiger partial charge in [-0.3, -0.25) is 9.69 Å². The maximum atomic E-state index is 12.6. The van der Waals surface area contributed by atoms with E-state index in [1.54, 1.807) is 18.3 Å². The van der Waals surface area contributed by atoms with Gasteiger partial charge in [0, 0.05) is 44.0 Å². The van der Waals surface area contributed by atoms with Crippen LogP contribution in [0.15, 0.2) is 36.5 Å². The van der Waals surface area contributed by atoms with Crippen LogP contribution in [0.1, 0.15) is 26.8 Å². The Hall–Kier alpha value is -2.54. The minimum Gasteiger partial charge on any atom is -0.508 e. The molecule has 26 heavy (non-hydrogen) atoms. The molecule has 1 fully saturated rings. The second-order valence-corrected chi connectivity index (χ2v) is 6.96. The van der Waals surface area contributed by atoms with Crippen molar-refractivity contribution in [2.75, 3.05) is 36.4 Å². The number of rotatable bonds is 5. The predicted molar refractivity (Wildman–Crippen MR) is 103 cm³/mol. The standard InChI is InChI=1S/C19H27N5O2/c1-14(2)24-18(8-9-20-24)21-19(26)15(3)22-10-12-23(13-11-22)16-4-6-17(25)7-5-16/h4-9,14-15,25H,10-13H2,1-3H3,(H,21,26). The van der Waals surface area contributed by atoms with Crippen LogP contribution in [0.4, 0.5) is 11.5 Å². The van der Waals surface area contributed by atoms with Crippen molar-refractivity contribution in [3.63, 3.8) is 0 Å². The van der Waals surface area contributed by atoms with Crippen LogP contribution in [-0.2, 0) is 4.79 Å². The lowest BCUT2D eigenvalue weighted by molar-refractivity contribution is -0.120. The van der Waals surface area contributed by atoms with E-state index in [9.17, 15) is 9.90 Å². The molecule has 1 aromatic carbocycles. The summed E-state index contributed by atoms with van der Waals surface area (Å²) in [7, 11) is 0. The van der Waals surface area contributed by atoms with Gasteiger partial charge in [-0.1, -0.05) is 0 Å². The van der Waals surface area contributed by atoms with Crippen molar-refractivity contribution in [1.82, 2.24) is 14.7 Å². The van der Waals surface area contributed by atoms with E-state index >= 15 is 0 Å². The van der Waals surface area contributed by atoms with Gasteiger partial charge in [-0.2, -0.15) is 5.10 Å². The minimum absolute atomic E-state index is 0.00881. The average Bonchev–Trinajstić information content (AvgIpc) is 3.10. The summed E-state index contributed by atoms with van der Waals surface area (Å²) >= 11 is 0. The lowest BCUT2D eigenvalue weighted by atomic mass is 10.2. The van der Waals surface area contributed by atoms with Crippen LogP contribution in [0.5, 0.6) is 5.75 Å². The highest BCUT2D eigenvalue weighted by Crippen LogP contribution is 2.21. The van der Waals surface area contributed by atoms with Crippen molar-refractivity contribution in [2.24, 2.45) is 0 Å². The smallest absolute Gasteiger partial charge is 0.242 e. The molecule has 0 radical (unpaired) electrons. The molecule has 0 spiro atoms. The molecule has 1 atom stereocenters. The van der Waals surface area contributed by atoms with Crippen LogP contribution in [0.25, 0.3) is 0 Å². The third-order valence-corrected chi connectivity index (χ3v) is 4.87. The number of anilines is 2. The summed E-state index contributed by atoms with van der Waals surface area (Å²) in [6, 6.07) is 9.08. The summed E-state index contributed by atoms with van der Waals surface area (Å²) in [4.78, 5) is 17.1. The average molecular weight is 357 g/mol. The lowest BCUT2D eigenvalue weighted by Gasteiger charge is -2.38. The van der Waals surface area contributed by atoms with Gasteiger partial charge in [0.25, 0.3) is 0 Å². The number of hydrogen-bond acceptors (Lipinski definition) is 5. The molecular formula is C19H27N5O2. The van der Waals surface area contributed by atoms with Gasteiger partial charge in [-0.15, -0.1) is 0 Å². The maximum Gasteiger partial charge on any atom is 0.242 e. The summed E-state index contributed by atoms with van der Waals surface area (Å²) in [6.07, 6.45) is 1.71. The second kappa shape index (κ2) is 7.78. The van der Waals surface area contributed by atoms with Gasteiger partial charge in [0.05, 0.1) is 12.2 Å². The van der Waals surface area contributed by atoms with Gasteiger partial charge in [0.2, 0.25) is 5.91 Å². The van der Waals surface area contributed by atoms with Crippen LogP contribution in [-0.4, -0.2) is 57.9 Å². The first-order chi connectivity index (χ1) is 12.5. The fraction of sp³-hybridized carbons (Fsp3) is 0.474. The van der Waals surface area contributed by atoms with E-state index in [1.807, 2.05) is 43.7 Å². The Morgan fingerprint density at radius 2 is 1.73 bits per heavy atom. The van der Waals surface area contributed by atoms with E-state index in [0.29, 0.717) is 0 Å².